The molecule has 0 fully saturated rings. The number of hydrogen-bond acceptors (Lipinski definition) is 5. The van der Waals surface area contributed by atoms with Crippen LogP contribution in [-0.2, 0) is 7.05 Å². The molecule has 1 atom stereocenters. The van der Waals surface area contributed by atoms with Crippen LogP contribution in [0, 0.1) is 0 Å². The summed E-state index contributed by atoms with van der Waals surface area (Å²) in [4.78, 5) is 24.0. The molecular formula is C17H16N2O4S. The standard InChI is InChI=1S/C17H16N2O4S/c1-19-7-2-3-12(17(19)22)16(21)18-9-13(20)15-5-4-14(23-15)11-6-8-24-10-11/h2-8,10,13,20H,9H2,1H3,(H,18,21)/t13-/m1/s1. The summed E-state index contributed by atoms with van der Waals surface area (Å²) in [5.41, 5.74) is 0.586. The van der Waals surface area contributed by atoms with Crippen LogP contribution in [0.25, 0.3) is 11.3 Å². The number of nitrogens with one attached hydrogen (secondary N) is 1. The third-order valence-electron chi connectivity index (χ3n) is 3.58. The molecule has 0 saturated heterocycles. The van der Waals surface area contributed by atoms with E-state index >= 15 is 0 Å². The van der Waals surface area contributed by atoms with Gasteiger partial charge < -0.3 is 19.4 Å². The zero-order valence-electron chi connectivity index (χ0n) is 12.9. The first kappa shape index (κ1) is 16.2. The monoisotopic (exact) mass is 344 g/mol. The largest absolute Gasteiger partial charge is 0.458 e. The SMILES string of the molecule is Cn1cccc(C(=O)NC[C@@H](O)c2ccc(-c3ccsc3)o2)c1=O. The van der Waals surface area contributed by atoms with E-state index in [-0.39, 0.29) is 17.7 Å². The number of aliphatic hydroxyl groups excluding tert-OH is 1. The molecule has 0 aliphatic rings. The van der Waals surface area contributed by atoms with Crippen LogP contribution >= 0.6 is 11.3 Å². The van der Waals surface area contributed by atoms with Crippen molar-refractivity contribution in [3.63, 3.8) is 0 Å². The van der Waals surface area contributed by atoms with Gasteiger partial charge in [-0.25, -0.2) is 0 Å². The van der Waals surface area contributed by atoms with Gasteiger partial charge in [0.25, 0.3) is 11.5 Å². The molecule has 0 bridgehead atoms. The smallest absolute Gasteiger partial charge is 0.263 e. The second kappa shape index (κ2) is 6.86. The fraction of sp³-hybridized carbons (Fsp3) is 0.176. The number of amides is 1. The van der Waals surface area contributed by atoms with Crippen LogP contribution in [0.4, 0.5) is 0 Å². The average molecular weight is 344 g/mol. The number of nitrogens with zero attached hydrogens (tertiary/aromatic N) is 1. The van der Waals surface area contributed by atoms with Crippen LogP contribution in [0.15, 0.2) is 56.5 Å². The molecule has 0 aliphatic heterocycles. The Hall–Kier alpha value is -2.64. The first-order chi connectivity index (χ1) is 11.6. The van der Waals surface area contributed by atoms with Crippen molar-refractivity contribution in [2.24, 2.45) is 7.05 Å². The highest BCUT2D eigenvalue weighted by Crippen LogP contribution is 2.26. The molecule has 1 amide bonds. The van der Waals surface area contributed by atoms with Gasteiger partial charge in [-0.15, -0.1) is 0 Å². The summed E-state index contributed by atoms with van der Waals surface area (Å²) in [6.45, 7) is -0.0481. The third kappa shape index (κ3) is 3.32. The van der Waals surface area contributed by atoms with Gasteiger partial charge in [0, 0.05) is 24.2 Å². The van der Waals surface area contributed by atoms with Crippen molar-refractivity contribution in [1.29, 1.82) is 0 Å². The summed E-state index contributed by atoms with van der Waals surface area (Å²) in [6.07, 6.45) is 0.580. The molecule has 24 heavy (non-hydrogen) atoms. The van der Waals surface area contributed by atoms with Crippen molar-refractivity contribution in [2.45, 2.75) is 6.10 Å². The first-order valence-electron chi connectivity index (χ1n) is 7.30. The molecule has 3 aromatic rings. The van der Waals surface area contributed by atoms with Crippen molar-refractivity contribution >= 4 is 17.2 Å². The molecule has 0 unspecified atom stereocenters. The Labute approximate surface area is 142 Å². The van der Waals surface area contributed by atoms with E-state index in [0.717, 1.165) is 5.56 Å². The van der Waals surface area contributed by atoms with Gasteiger partial charge in [-0.2, -0.15) is 11.3 Å². The molecule has 0 spiro atoms. The molecule has 2 N–H and O–H groups in total. The molecule has 0 aliphatic carbocycles. The Kier molecular flexibility index (Phi) is 4.64. The molecule has 0 radical (unpaired) electrons. The van der Waals surface area contributed by atoms with Gasteiger partial charge >= 0.3 is 0 Å². The second-order valence-corrected chi connectivity index (χ2v) is 6.06. The van der Waals surface area contributed by atoms with E-state index in [1.807, 2.05) is 16.8 Å². The summed E-state index contributed by atoms with van der Waals surface area (Å²) in [5, 5.41) is 16.6. The number of pyridine rings is 1. The predicted molar refractivity (Wildman–Crippen MR) is 91.0 cm³/mol. The van der Waals surface area contributed by atoms with Gasteiger partial charge in [0.2, 0.25) is 0 Å². The number of aryl methyl sites for hydroxylation is 1. The quantitative estimate of drug-likeness (QED) is 0.743. The van der Waals surface area contributed by atoms with Crippen LogP contribution in [-0.4, -0.2) is 22.1 Å². The third-order valence-corrected chi connectivity index (χ3v) is 4.27. The van der Waals surface area contributed by atoms with Crippen molar-refractivity contribution in [2.75, 3.05) is 6.54 Å². The molecular weight excluding hydrogens is 328 g/mol. The first-order valence-corrected chi connectivity index (χ1v) is 8.25. The van der Waals surface area contributed by atoms with Crippen LogP contribution in [0.2, 0.25) is 0 Å². The lowest BCUT2D eigenvalue weighted by molar-refractivity contribution is 0.0900. The fourth-order valence-electron chi connectivity index (χ4n) is 2.25. The number of carbonyl (C=O) groups excluding carboxylic acids is 1. The number of aromatic nitrogens is 1. The topological polar surface area (TPSA) is 84.5 Å². The van der Waals surface area contributed by atoms with Gasteiger partial charge in [0.05, 0.1) is 6.54 Å². The summed E-state index contributed by atoms with van der Waals surface area (Å²) < 4.78 is 6.93. The van der Waals surface area contributed by atoms with Crippen LogP contribution in [0.1, 0.15) is 22.2 Å². The van der Waals surface area contributed by atoms with Crippen molar-refractivity contribution in [3.8, 4) is 11.3 Å². The van der Waals surface area contributed by atoms with E-state index in [0.29, 0.717) is 11.5 Å². The van der Waals surface area contributed by atoms with E-state index in [1.165, 1.54) is 10.6 Å². The summed E-state index contributed by atoms with van der Waals surface area (Å²) in [6, 6.07) is 8.44. The van der Waals surface area contributed by atoms with Crippen molar-refractivity contribution < 1.29 is 14.3 Å². The minimum Gasteiger partial charge on any atom is -0.458 e. The normalized spacial score (nSPS) is 12.1. The second-order valence-electron chi connectivity index (χ2n) is 5.28. The van der Waals surface area contributed by atoms with Crippen molar-refractivity contribution in [1.82, 2.24) is 9.88 Å². The maximum Gasteiger partial charge on any atom is 0.263 e. The average Bonchev–Trinajstić information content (AvgIpc) is 3.25. The molecule has 7 heteroatoms. The molecule has 3 rings (SSSR count). The number of thiophene rings is 1. The Morgan fingerprint density at radius 3 is 2.96 bits per heavy atom. The molecule has 0 saturated carbocycles. The van der Waals surface area contributed by atoms with Crippen LogP contribution < -0.4 is 10.9 Å². The molecule has 0 aromatic carbocycles. The van der Waals surface area contributed by atoms with E-state index in [2.05, 4.69) is 5.32 Å². The van der Waals surface area contributed by atoms with Gasteiger partial charge in [-0.1, -0.05) is 0 Å². The minimum atomic E-state index is -0.992. The van der Waals surface area contributed by atoms with Gasteiger partial charge in [-0.3, -0.25) is 9.59 Å². The number of furan rings is 1. The van der Waals surface area contributed by atoms with Crippen LogP contribution in [0.3, 0.4) is 0 Å². The van der Waals surface area contributed by atoms with E-state index in [4.69, 9.17) is 4.42 Å². The Morgan fingerprint density at radius 2 is 2.21 bits per heavy atom. The fourth-order valence-corrected chi connectivity index (χ4v) is 2.89. The Balaban J connectivity index is 1.65. The number of aliphatic hydroxyl groups is 1. The highest BCUT2D eigenvalue weighted by Gasteiger charge is 2.17. The maximum absolute atomic E-state index is 12.1. The Bertz CT molecular complexity index is 895. The minimum absolute atomic E-state index is 0.0330. The summed E-state index contributed by atoms with van der Waals surface area (Å²) >= 11 is 1.56. The van der Waals surface area contributed by atoms with E-state index in [1.54, 1.807) is 42.8 Å². The van der Waals surface area contributed by atoms with Gasteiger partial charge in [0.15, 0.2) is 0 Å². The van der Waals surface area contributed by atoms with Gasteiger partial charge in [-0.05, 0) is 35.7 Å². The highest BCUT2D eigenvalue weighted by atomic mass is 32.1. The van der Waals surface area contributed by atoms with E-state index in [9.17, 15) is 14.7 Å². The predicted octanol–water partition coefficient (Wildman–Crippen LogP) is 2.17. The highest BCUT2D eigenvalue weighted by molar-refractivity contribution is 7.08. The summed E-state index contributed by atoms with van der Waals surface area (Å²) in [5.74, 6) is 0.492. The lowest BCUT2D eigenvalue weighted by Gasteiger charge is -2.10. The molecule has 3 heterocycles. The number of carbonyl (C=O) groups is 1. The number of rotatable bonds is 5. The zero-order chi connectivity index (χ0) is 17.1. The van der Waals surface area contributed by atoms with E-state index < -0.39 is 12.0 Å². The lowest BCUT2D eigenvalue weighted by Crippen LogP contribution is -2.34. The lowest BCUT2D eigenvalue weighted by atomic mass is 10.2. The maximum atomic E-state index is 12.1. The molecule has 124 valence electrons. The Morgan fingerprint density at radius 1 is 1.38 bits per heavy atom. The molecule has 3 aromatic heterocycles. The van der Waals surface area contributed by atoms with Crippen molar-refractivity contribution in [3.05, 3.63) is 69.0 Å². The number of hydrogen-bond donors (Lipinski definition) is 2. The van der Waals surface area contributed by atoms with Gasteiger partial charge in [0.1, 0.15) is 23.2 Å². The summed E-state index contributed by atoms with van der Waals surface area (Å²) in [7, 11) is 1.57. The zero-order valence-corrected chi connectivity index (χ0v) is 13.7. The molecule has 6 nitrogen and oxygen atoms in total. The van der Waals surface area contributed by atoms with Crippen LogP contribution in [0.5, 0.6) is 0 Å².